The molecule has 6 nitrogen and oxygen atoms in total. The molecule has 6 heteroatoms. The summed E-state index contributed by atoms with van der Waals surface area (Å²) in [6.07, 6.45) is -6.87. The van der Waals surface area contributed by atoms with Crippen LogP contribution in [0.1, 0.15) is 0 Å². The van der Waals surface area contributed by atoms with Crippen molar-refractivity contribution in [2.24, 2.45) is 0 Å². The Labute approximate surface area is 75.0 Å². The van der Waals surface area contributed by atoms with Gasteiger partial charge in [-0.3, -0.25) is 0 Å². The average Bonchev–Trinajstić information content (AvgIpc) is 2.12. The van der Waals surface area contributed by atoms with Gasteiger partial charge in [-0.05, 0) is 0 Å². The Hall–Kier alpha value is -0.660. The third-order valence-corrected chi connectivity index (χ3v) is 1.60. The molecule has 0 fully saturated rings. The lowest BCUT2D eigenvalue weighted by atomic mass is 10.0. The zero-order valence-corrected chi connectivity index (χ0v) is 6.91. The van der Waals surface area contributed by atoms with Gasteiger partial charge >= 0.3 is 0 Å². The van der Waals surface area contributed by atoms with E-state index in [1.165, 1.54) is 0 Å². The van der Waals surface area contributed by atoms with Crippen LogP contribution in [0.3, 0.4) is 0 Å². The topological polar surface area (TPSA) is 121 Å². The predicted octanol–water partition coefficient (Wildman–Crippen LogP) is -2.51. The van der Waals surface area contributed by atoms with Gasteiger partial charge in [0.15, 0.2) is 0 Å². The Morgan fingerprint density at radius 2 is 1.54 bits per heavy atom. The van der Waals surface area contributed by atoms with E-state index in [9.17, 15) is 0 Å². The Kier molecular flexibility index (Phi) is 4.89. The van der Waals surface area contributed by atoms with Gasteiger partial charge in [0.05, 0.1) is 6.61 Å². The summed E-state index contributed by atoms with van der Waals surface area (Å²) in [7, 11) is 0. The molecule has 0 aliphatic heterocycles. The predicted molar refractivity (Wildman–Crippen MR) is 42.9 cm³/mol. The SMILES string of the molecule is C=C(O)C(O)C(O)C(O)[C@H](O)CO. The Morgan fingerprint density at radius 3 is 1.85 bits per heavy atom. The molecule has 0 aliphatic rings. The monoisotopic (exact) mass is 194 g/mol. The second-order valence-corrected chi connectivity index (χ2v) is 2.67. The van der Waals surface area contributed by atoms with Gasteiger partial charge in [0.25, 0.3) is 0 Å². The van der Waals surface area contributed by atoms with Crippen molar-refractivity contribution in [3.8, 4) is 0 Å². The summed E-state index contributed by atoms with van der Waals surface area (Å²) in [4.78, 5) is 0. The van der Waals surface area contributed by atoms with Gasteiger partial charge in [0.2, 0.25) is 0 Å². The number of rotatable bonds is 5. The van der Waals surface area contributed by atoms with Gasteiger partial charge in [-0.2, -0.15) is 0 Å². The number of hydrogen-bond acceptors (Lipinski definition) is 6. The molecule has 6 N–H and O–H groups in total. The van der Waals surface area contributed by atoms with E-state index >= 15 is 0 Å². The zero-order chi connectivity index (χ0) is 10.6. The van der Waals surface area contributed by atoms with Crippen LogP contribution < -0.4 is 0 Å². The molecule has 0 heterocycles. The van der Waals surface area contributed by atoms with Gasteiger partial charge in [-0.25, -0.2) is 0 Å². The molecule has 78 valence electrons. The third-order valence-electron chi connectivity index (χ3n) is 1.60. The van der Waals surface area contributed by atoms with Crippen molar-refractivity contribution < 1.29 is 30.6 Å². The second-order valence-electron chi connectivity index (χ2n) is 2.67. The van der Waals surface area contributed by atoms with Gasteiger partial charge in [-0.1, -0.05) is 6.58 Å². The highest BCUT2D eigenvalue weighted by molar-refractivity contribution is 4.96. The quantitative estimate of drug-likeness (QED) is 0.269. The lowest BCUT2D eigenvalue weighted by molar-refractivity contribution is -0.112. The zero-order valence-electron chi connectivity index (χ0n) is 6.91. The minimum atomic E-state index is -1.79. The van der Waals surface area contributed by atoms with Crippen LogP contribution in [0.15, 0.2) is 12.3 Å². The summed E-state index contributed by atoms with van der Waals surface area (Å²) in [5.41, 5.74) is 0. The van der Waals surface area contributed by atoms with Crippen LogP contribution in [0.5, 0.6) is 0 Å². The molecule has 0 aromatic heterocycles. The Bertz CT molecular complexity index is 170. The van der Waals surface area contributed by atoms with E-state index in [2.05, 4.69) is 6.58 Å². The van der Waals surface area contributed by atoms with Gasteiger partial charge < -0.3 is 30.6 Å². The summed E-state index contributed by atoms with van der Waals surface area (Å²) in [5, 5.41) is 52.9. The van der Waals surface area contributed by atoms with E-state index in [1.54, 1.807) is 0 Å². The van der Waals surface area contributed by atoms with Gasteiger partial charge in [-0.15, -0.1) is 0 Å². The van der Waals surface area contributed by atoms with Crippen molar-refractivity contribution in [2.45, 2.75) is 24.4 Å². The van der Waals surface area contributed by atoms with Crippen LogP contribution in [-0.4, -0.2) is 61.7 Å². The maximum Gasteiger partial charge on any atom is 0.139 e. The smallest absolute Gasteiger partial charge is 0.139 e. The first kappa shape index (κ1) is 12.3. The van der Waals surface area contributed by atoms with Crippen LogP contribution >= 0.6 is 0 Å². The number of aliphatic hydroxyl groups excluding tert-OH is 6. The van der Waals surface area contributed by atoms with E-state index in [0.717, 1.165) is 0 Å². The Morgan fingerprint density at radius 1 is 1.08 bits per heavy atom. The first-order chi connectivity index (χ1) is 5.91. The molecular weight excluding hydrogens is 180 g/mol. The van der Waals surface area contributed by atoms with Crippen LogP contribution in [0.4, 0.5) is 0 Å². The molecule has 0 saturated heterocycles. The third kappa shape index (κ3) is 3.29. The van der Waals surface area contributed by atoms with Crippen LogP contribution in [0.25, 0.3) is 0 Å². The minimum Gasteiger partial charge on any atom is -0.510 e. The normalized spacial score (nSPS) is 20.4. The van der Waals surface area contributed by atoms with Crippen molar-refractivity contribution in [3.05, 3.63) is 12.3 Å². The molecular formula is C7H14O6. The lowest BCUT2D eigenvalue weighted by Gasteiger charge is -2.24. The first-order valence-electron chi connectivity index (χ1n) is 3.62. The summed E-state index contributed by atoms with van der Waals surface area (Å²) in [6, 6.07) is 0. The van der Waals surface area contributed by atoms with Gasteiger partial charge in [0.1, 0.15) is 30.2 Å². The van der Waals surface area contributed by atoms with Crippen molar-refractivity contribution >= 4 is 0 Å². The molecule has 0 radical (unpaired) electrons. The molecule has 0 aliphatic carbocycles. The van der Waals surface area contributed by atoms with E-state index in [-0.39, 0.29) is 0 Å². The fourth-order valence-corrected chi connectivity index (χ4v) is 0.719. The molecule has 0 aromatic carbocycles. The summed E-state index contributed by atoms with van der Waals surface area (Å²) < 4.78 is 0. The highest BCUT2D eigenvalue weighted by Gasteiger charge is 2.31. The minimum absolute atomic E-state index is 0.725. The summed E-state index contributed by atoms with van der Waals surface area (Å²) >= 11 is 0. The van der Waals surface area contributed by atoms with E-state index in [4.69, 9.17) is 30.6 Å². The van der Waals surface area contributed by atoms with Crippen LogP contribution in [0.2, 0.25) is 0 Å². The highest BCUT2D eigenvalue weighted by Crippen LogP contribution is 2.08. The maximum absolute atomic E-state index is 9.07. The first-order valence-corrected chi connectivity index (χ1v) is 3.62. The fourth-order valence-electron chi connectivity index (χ4n) is 0.719. The van der Waals surface area contributed by atoms with Crippen molar-refractivity contribution in [1.29, 1.82) is 0 Å². The van der Waals surface area contributed by atoms with Crippen molar-refractivity contribution in [1.82, 2.24) is 0 Å². The number of aliphatic hydroxyl groups is 6. The molecule has 0 rings (SSSR count). The molecule has 0 aromatic rings. The summed E-state index contributed by atoms with van der Waals surface area (Å²) in [5.74, 6) is -0.725. The van der Waals surface area contributed by atoms with Crippen molar-refractivity contribution in [3.63, 3.8) is 0 Å². The maximum atomic E-state index is 9.07. The molecule has 0 saturated carbocycles. The lowest BCUT2D eigenvalue weighted by Crippen LogP contribution is -2.46. The molecule has 0 amide bonds. The molecule has 0 bridgehead atoms. The van der Waals surface area contributed by atoms with Crippen molar-refractivity contribution in [2.75, 3.05) is 6.61 Å². The largest absolute Gasteiger partial charge is 0.510 e. The molecule has 13 heavy (non-hydrogen) atoms. The second kappa shape index (κ2) is 5.15. The molecule has 4 atom stereocenters. The molecule has 0 spiro atoms. The molecule has 3 unspecified atom stereocenters. The van der Waals surface area contributed by atoms with E-state index < -0.39 is 36.8 Å². The number of hydrogen-bond donors (Lipinski definition) is 6. The Balaban J connectivity index is 4.24. The fraction of sp³-hybridized carbons (Fsp3) is 0.714. The standard InChI is InChI=1S/C7H14O6/c1-3(9)5(11)7(13)6(12)4(10)2-8/h4-13H,1-2H2/t4-,5?,6?,7?/m1/s1. The van der Waals surface area contributed by atoms with Gasteiger partial charge in [0, 0.05) is 0 Å². The van der Waals surface area contributed by atoms with E-state index in [0.29, 0.717) is 0 Å². The van der Waals surface area contributed by atoms with Crippen LogP contribution in [-0.2, 0) is 0 Å². The summed E-state index contributed by atoms with van der Waals surface area (Å²) in [6.45, 7) is 2.17. The van der Waals surface area contributed by atoms with E-state index in [1.807, 2.05) is 0 Å². The highest BCUT2D eigenvalue weighted by atomic mass is 16.4. The van der Waals surface area contributed by atoms with Crippen LogP contribution in [0, 0.1) is 0 Å². The average molecular weight is 194 g/mol.